The van der Waals surface area contributed by atoms with E-state index in [9.17, 15) is 22.0 Å². The molecule has 0 spiro atoms. The van der Waals surface area contributed by atoms with E-state index in [2.05, 4.69) is 0 Å². The van der Waals surface area contributed by atoms with Crippen LogP contribution in [0.3, 0.4) is 0 Å². The molecule has 0 saturated heterocycles. The highest BCUT2D eigenvalue weighted by atomic mass is 32.2. The number of hydrogen-bond acceptors (Lipinski definition) is 1. The highest BCUT2D eigenvalue weighted by Gasteiger charge is 2.59. The zero-order valence-electron chi connectivity index (χ0n) is 8.37. The molecule has 0 bridgehead atoms. The minimum absolute atomic E-state index is 0.130. The summed E-state index contributed by atoms with van der Waals surface area (Å²) in [5.74, 6) is -2.95. The van der Waals surface area contributed by atoms with Crippen molar-refractivity contribution in [1.82, 2.24) is 0 Å². The van der Waals surface area contributed by atoms with E-state index in [0.29, 0.717) is 0 Å². The Kier molecular flexibility index (Phi) is 5.62. The van der Waals surface area contributed by atoms with Gasteiger partial charge in [-0.2, -0.15) is 33.7 Å². The molecule has 1 radical (unpaired) electrons. The average molecular weight is 247 g/mol. The van der Waals surface area contributed by atoms with Crippen molar-refractivity contribution in [3.63, 3.8) is 0 Å². The van der Waals surface area contributed by atoms with Crippen LogP contribution in [0.4, 0.5) is 22.0 Å². The number of allylic oxidation sites excluding steroid dienone is 1. The highest BCUT2D eigenvalue weighted by Crippen LogP contribution is 2.42. The molecule has 0 aromatic carbocycles. The predicted molar refractivity (Wildman–Crippen MR) is 51.8 cm³/mol. The van der Waals surface area contributed by atoms with Gasteiger partial charge in [-0.1, -0.05) is 19.9 Å². The molecule has 0 aliphatic heterocycles. The van der Waals surface area contributed by atoms with Gasteiger partial charge in [0.2, 0.25) is 0 Å². The second-order valence-electron chi connectivity index (χ2n) is 2.72. The lowest BCUT2D eigenvalue weighted by atomic mass is 10.1. The van der Waals surface area contributed by atoms with E-state index in [4.69, 9.17) is 0 Å². The van der Waals surface area contributed by atoms with Gasteiger partial charge in [-0.05, 0) is 6.42 Å². The average Bonchev–Trinajstić information content (AvgIpc) is 2.10. The van der Waals surface area contributed by atoms with Crippen molar-refractivity contribution < 1.29 is 22.0 Å². The molecule has 0 N–H and O–H groups in total. The lowest BCUT2D eigenvalue weighted by molar-refractivity contribution is -0.265. The number of hydrogen-bond donors (Lipinski definition) is 0. The van der Waals surface area contributed by atoms with Crippen LogP contribution in [0, 0.1) is 5.75 Å². The van der Waals surface area contributed by atoms with E-state index < -0.39 is 17.7 Å². The third kappa shape index (κ3) is 4.01. The maximum Gasteiger partial charge on any atom is 0.457 e. The molecular formula is C9H12F5S. The van der Waals surface area contributed by atoms with Crippen LogP contribution in [0.2, 0.25) is 0 Å². The van der Waals surface area contributed by atoms with Gasteiger partial charge in [-0.15, -0.1) is 0 Å². The summed E-state index contributed by atoms with van der Waals surface area (Å²) in [4.78, 5) is 0. The van der Waals surface area contributed by atoms with E-state index in [1.165, 1.54) is 18.7 Å². The highest BCUT2D eigenvalue weighted by molar-refractivity contribution is 8.01. The maximum absolute atomic E-state index is 12.8. The van der Waals surface area contributed by atoms with Gasteiger partial charge in [0.15, 0.2) is 0 Å². The molecule has 0 saturated carbocycles. The number of alkyl halides is 5. The first kappa shape index (κ1) is 14.7. The summed E-state index contributed by atoms with van der Waals surface area (Å²) in [6.45, 7) is 2.97. The summed E-state index contributed by atoms with van der Waals surface area (Å²) in [6.07, 6.45) is -4.87. The Morgan fingerprint density at radius 1 is 1.20 bits per heavy atom. The second-order valence-corrected chi connectivity index (χ2v) is 3.86. The quantitative estimate of drug-likeness (QED) is 0.393. The molecule has 0 aromatic heterocycles. The molecule has 0 heterocycles. The standard InChI is InChI=1S/C9H12F5S/c1-3-7(5-6-15-4-2)8(10,11)9(12,13)14/h4-5H,3,6H2,1-2H3/b7-5+. The van der Waals surface area contributed by atoms with Crippen LogP contribution in [0.25, 0.3) is 0 Å². The Balaban J connectivity index is 4.72. The van der Waals surface area contributed by atoms with Crippen molar-refractivity contribution in [2.24, 2.45) is 0 Å². The van der Waals surface area contributed by atoms with Crippen LogP contribution in [0.15, 0.2) is 11.6 Å². The Bertz CT molecular complexity index is 219. The zero-order chi connectivity index (χ0) is 12.1. The van der Waals surface area contributed by atoms with Crippen LogP contribution in [0.5, 0.6) is 0 Å². The lowest BCUT2D eigenvalue weighted by Crippen LogP contribution is -2.38. The summed E-state index contributed by atoms with van der Waals surface area (Å²) in [5, 5.41) is 0. The van der Waals surface area contributed by atoms with Gasteiger partial charge in [0, 0.05) is 17.1 Å². The monoisotopic (exact) mass is 247 g/mol. The third-order valence-corrected chi connectivity index (χ3v) is 2.43. The van der Waals surface area contributed by atoms with Gasteiger partial charge in [0.25, 0.3) is 0 Å². The number of rotatable bonds is 5. The van der Waals surface area contributed by atoms with Crippen molar-refractivity contribution in [3.8, 4) is 0 Å². The van der Waals surface area contributed by atoms with Gasteiger partial charge in [0.1, 0.15) is 0 Å². The Labute approximate surface area is 89.9 Å². The fraction of sp³-hybridized carbons (Fsp3) is 0.667. The van der Waals surface area contributed by atoms with Crippen LogP contribution in [-0.2, 0) is 0 Å². The van der Waals surface area contributed by atoms with Crippen molar-refractivity contribution in [2.45, 2.75) is 32.4 Å². The Morgan fingerprint density at radius 2 is 1.73 bits per heavy atom. The first-order valence-electron chi connectivity index (χ1n) is 4.30. The predicted octanol–water partition coefficient (Wildman–Crippen LogP) is 4.44. The molecule has 0 unspecified atom stereocenters. The molecule has 0 nitrogen and oxygen atoms in total. The van der Waals surface area contributed by atoms with Crippen LogP contribution in [-0.4, -0.2) is 17.9 Å². The van der Waals surface area contributed by atoms with Crippen molar-refractivity contribution in [3.05, 3.63) is 17.4 Å². The molecule has 0 atom stereocenters. The minimum Gasteiger partial charge on any atom is -0.191 e. The fourth-order valence-electron chi connectivity index (χ4n) is 0.922. The number of thioether (sulfide) groups is 1. The number of halogens is 5. The van der Waals surface area contributed by atoms with E-state index in [0.717, 1.165) is 6.08 Å². The molecule has 0 rings (SSSR count). The SMILES string of the molecule is C[CH]SC/C=C(\CC)C(F)(F)C(F)(F)F. The zero-order valence-corrected chi connectivity index (χ0v) is 9.18. The lowest BCUT2D eigenvalue weighted by Gasteiger charge is -2.21. The molecule has 89 valence electrons. The Hall–Kier alpha value is -0.260. The van der Waals surface area contributed by atoms with Gasteiger partial charge in [0.05, 0.1) is 0 Å². The molecule has 15 heavy (non-hydrogen) atoms. The van der Waals surface area contributed by atoms with E-state index in [-0.39, 0.29) is 12.2 Å². The molecule has 0 aromatic rings. The Morgan fingerprint density at radius 3 is 2.07 bits per heavy atom. The first-order valence-corrected chi connectivity index (χ1v) is 5.35. The van der Waals surface area contributed by atoms with Gasteiger partial charge in [-0.25, -0.2) is 0 Å². The smallest absolute Gasteiger partial charge is 0.191 e. The summed E-state index contributed by atoms with van der Waals surface area (Å²) in [6, 6.07) is 0. The molecule has 0 fully saturated rings. The van der Waals surface area contributed by atoms with Crippen LogP contribution >= 0.6 is 11.8 Å². The normalized spacial score (nSPS) is 14.5. The van der Waals surface area contributed by atoms with Crippen molar-refractivity contribution in [2.75, 3.05) is 5.75 Å². The fourth-order valence-corrected chi connectivity index (χ4v) is 1.41. The van der Waals surface area contributed by atoms with E-state index >= 15 is 0 Å². The molecular weight excluding hydrogens is 235 g/mol. The van der Waals surface area contributed by atoms with Crippen molar-refractivity contribution in [1.29, 1.82) is 0 Å². The summed E-state index contributed by atoms with van der Waals surface area (Å²) < 4.78 is 61.5. The van der Waals surface area contributed by atoms with Crippen molar-refractivity contribution >= 4 is 11.8 Å². The second kappa shape index (κ2) is 5.72. The molecule has 0 amide bonds. The summed E-state index contributed by atoms with van der Waals surface area (Å²) in [7, 11) is 0. The summed E-state index contributed by atoms with van der Waals surface area (Å²) >= 11 is 1.18. The van der Waals surface area contributed by atoms with Crippen LogP contribution < -0.4 is 0 Å². The minimum atomic E-state index is -5.50. The summed E-state index contributed by atoms with van der Waals surface area (Å²) in [5.41, 5.74) is -0.871. The first-order chi connectivity index (χ1) is 6.77. The molecule has 0 aliphatic rings. The third-order valence-electron chi connectivity index (χ3n) is 1.73. The molecule has 6 heteroatoms. The topological polar surface area (TPSA) is 0 Å². The van der Waals surface area contributed by atoms with Gasteiger partial charge < -0.3 is 0 Å². The van der Waals surface area contributed by atoms with Crippen LogP contribution in [0.1, 0.15) is 20.3 Å². The van der Waals surface area contributed by atoms with Gasteiger partial charge in [-0.3, -0.25) is 0 Å². The maximum atomic E-state index is 12.8. The van der Waals surface area contributed by atoms with Gasteiger partial charge >= 0.3 is 12.1 Å². The van der Waals surface area contributed by atoms with E-state index in [1.807, 2.05) is 0 Å². The largest absolute Gasteiger partial charge is 0.457 e. The molecule has 0 aliphatic carbocycles. The van der Waals surface area contributed by atoms with E-state index in [1.54, 1.807) is 12.7 Å².